The van der Waals surface area contributed by atoms with E-state index >= 15 is 0 Å². The van der Waals surface area contributed by atoms with E-state index in [1.807, 2.05) is 0 Å². The Morgan fingerprint density at radius 3 is 2.71 bits per heavy atom. The molecule has 1 aromatic carbocycles. The normalized spacial score (nSPS) is 11.2. The van der Waals surface area contributed by atoms with Gasteiger partial charge in [-0.15, -0.1) is 0 Å². The summed E-state index contributed by atoms with van der Waals surface area (Å²) < 4.78 is 5.23. The number of rotatable bonds is 2. The van der Waals surface area contributed by atoms with E-state index in [1.165, 1.54) is 0 Å². The zero-order chi connectivity index (χ0) is 15.6. The number of imidazole rings is 1. The first-order valence-electron chi connectivity index (χ1n) is 6.35. The minimum absolute atomic E-state index is 0.295. The Morgan fingerprint density at radius 1 is 1.43 bits per heavy atom. The van der Waals surface area contributed by atoms with E-state index in [9.17, 15) is 4.79 Å². The van der Waals surface area contributed by atoms with Crippen LogP contribution in [0.1, 0.15) is 20.8 Å². The van der Waals surface area contributed by atoms with Gasteiger partial charge in [0.1, 0.15) is 5.60 Å². The molecule has 0 aliphatic heterocycles. The number of carbonyl (C=O) groups is 1. The molecule has 112 valence electrons. The van der Waals surface area contributed by atoms with Crippen molar-refractivity contribution in [1.29, 1.82) is 0 Å². The summed E-state index contributed by atoms with van der Waals surface area (Å²) in [6, 6.07) is 5.12. The van der Waals surface area contributed by atoms with Gasteiger partial charge in [-0.1, -0.05) is 11.6 Å². The molecule has 0 atom stereocenters. The van der Waals surface area contributed by atoms with E-state index in [0.29, 0.717) is 22.4 Å². The van der Waals surface area contributed by atoms with Crippen LogP contribution in [0.4, 0.5) is 16.4 Å². The van der Waals surface area contributed by atoms with E-state index < -0.39 is 11.7 Å². The zero-order valence-electron chi connectivity index (χ0n) is 12.0. The number of H-pyrrole nitrogens is 1. The molecule has 0 fully saturated rings. The monoisotopic (exact) mass is 308 g/mol. The highest BCUT2D eigenvalue weighted by Gasteiger charge is 2.18. The highest BCUT2D eigenvalue weighted by molar-refractivity contribution is 6.31. The van der Waals surface area contributed by atoms with Crippen molar-refractivity contribution in [3.05, 3.63) is 29.4 Å². The van der Waals surface area contributed by atoms with Crippen LogP contribution in [-0.2, 0) is 4.74 Å². The summed E-state index contributed by atoms with van der Waals surface area (Å²) in [4.78, 5) is 18.7. The highest BCUT2D eigenvalue weighted by atomic mass is 35.5. The van der Waals surface area contributed by atoms with Crippen LogP contribution in [0.25, 0.3) is 11.3 Å². The van der Waals surface area contributed by atoms with Crippen molar-refractivity contribution in [2.45, 2.75) is 26.4 Å². The quantitative estimate of drug-likeness (QED) is 0.789. The molecule has 4 N–H and O–H groups in total. The number of hydrogen-bond donors (Lipinski definition) is 3. The average Bonchev–Trinajstić information content (AvgIpc) is 2.73. The predicted octanol–water partition coefficient (Wildman–Crippen LogP) is 3.66. The average molecular weight is 309 g/mol. The molecule has 1 aromatic heterocycles. The van der Waals surface area contributed by atoms with Gasteiger partial charge in [-0.3, -0.25) is 5.32 Å². The molecular weight excluding hydrogens is 292 g/mol. The molecule has 21 heavy (non-hydrogen) atoms. The van der Waals surface area contributed by atoms with Crippen molar-refractivity contribution in [1.82, 2.24) is 9.97 Å². The minimum atomic E-state index is -0.582. The summed E-state index contributed by atoms with van der Waals surface area (Å²) in [6.07, 6.45) is 1.03. The van der Waals surface area contributed by atoms with Gasteiger partial charge in [-0.05, 0) is 39.0 Å². The number of aromatic amines is 1. The van der Waals surface area contributed by atoms with Crippen molar-refractivity contribution in [2.75, 3.05) is 11.1 Å². The summed E-state index contributed by atoms with van der Waals surface area (Å²) in [5.41, 5.74) is 6.90. The summed E-state index contributed by atoms with van der Waals surface area (Å²) in [5.74, 6) is 0.295. The molecule has 1 amide bonds. The summed E-state index contributed by atoms with van der Waals surface area (Å²) >= 11 is 5.98. The summed E-state index contributed by atoms with van der Waals surface area (Å²) in [6.45, 7) is 5.38. The molecule has 0 bridgehead atoms. The fraction of sp³-hybridized carbons (Fsp3) is 0.286. The van der Waals surface area contributed by atoms with E-state index in [4.69, 9.17) is 22.1 Å². The second kappa shape index (κ2) is 5.65. The highest BCUT2D eigenvalue weighted by Crippen LogP contribution is 2.30. The molecule has 2 rings (SSSR count). The van der Waals surface area contributed by atoms with Crippen molar-refractivity contribution in [3.8, 4) is 11.3 Å². The standard InChI is InChI=1S/C14H17ClN4O2/c1-14(2,3)21-13(20)19-10-6-8(15)4-5-9(10)11-7-17-12(16)18-11/h4-7H,1-3H3,(H,19,20)(H3,16,17,18). The van der Waals surface area contributed by atoms with Crippen LogP contribution < -0.4 is 11.1 Å². The fourth-order valence-corrected chi connectivity index (χ4v) is 1.91. The number of nitrogens with one attached hydrogen (secondary N) is 2. The van der Waals surface area contributed by atoms with Crippen LogP contribution >= 0.6 is 11.6 Å². The number of aromatic nitrogens is 2. The molecule has 0 radical (unpaired) electrons. The third-order valence-corrected chi connectivity index (χ3v) is 2.74. The Hall–Kier alpha value is -2.21. The van der Waals surface area contributed by atoms with Gasteiger partial charge in [-0.25, -0.2) is 9.78 Å². The number of anilines is 2. The molecule has 0 unspecified atom stereocenters. The van der Waals surface area contributed by atoms with Gasteiger partial charge in [0.05, 0.1) is 17.6 Å². The number of carbonyl (C=O) groups excluding carboxylic acids is 1. The second-order valence-corrected chi connectivity index (χ2v) is 5.94. The minimum Gasteiger partial charge on any atom is -0.444 e. The Labute approximate surface area is 127 Å². The maximum Gasteiger partial charge on any atom is 0.412 e. The Morgan fingerprint density at radius 2 is 2.14 bits per heavy atom. The maximum atomic E-state index is 11.9. The third-order valence-electron chi connectivity index (χ3n) is 2.50. The lowest BCUT2D eigenvalue weighted by Crippen LogP contribution is -2.27. The zero-order valence-corrected chi connectivity index (χ0v) is 12.8. The van der Waals surface area contributed by atoms with Gasteiger partial charge in [0.25, 0.3) is 0 Å². The molecule has 2 aromatic rings. The van der Waals surface area contributed by atoms with Crippen LogP contribution in [-0.4, -0.2) is 21.7 Å². The fourth-order valence-electron chi connectivity index (χ4n) is 1.74. The molecule has 1 heterocycles. The molecule has 0 aliphatic carbocycles. The topological polar surface area (TPSA) is 93.0 Å². The van der Waals surface area contributed by atoms with Gasteiger partial charge in [0.2, 0.25) is 0 Å². The summed E-state index contributed by atoms with van der Waals surface area (Å²) in [7, 11) is 0. The first-order chi connectivity index (χ1) is 9.74. The van der Waals surface area contributed by atoms with Crippen molar-refractivity contribution in [3.63, 3.8) is 0 Å². The largest absolute Gasteiger partial charge is 0.444 e. The lowest BCUT2D eigenvalue weighted by atomic mass is 10.1. The first-order valence-corrected chi connectivity index (χ1v) is 6.73. The number of nitrogens with two attached hydrogens (primary N) is 1. The Bertz CT molecular complexity index is 661. The number of amides is 1. The number of halogens is 1. The lowest BCUT2D eigenvalue weighted by molar-refractivity contribution is 0.0636. The van der Waals surface area contributed by atoms with Crippen molar-refractivity contribution < 1.29 is 9.53 Å². The van der Waals surface area contributed by atoms with Crippen LogP contribution in [0, 0.1) is 0 Å². The van der Waals surface area contributed by atoms with Crippen LogP contribution in [0.15, 0.2) is 24.4 Å². The van der Waals surface area contributed by atoms with Crippen molar-refractivity contribution >= 4 is 29.3 Å². The number of benzene rings is 1. The molecule has 6 nitrogen and oxygen atoms in total. The lowest BCUT2D eigenvalue weighted by Gasteiger charge is -2.20. The van der Waals surface area contributed by atoms with E-state index in [-0.39, 0.29) is 0 Å². The van der Waals surface area contributed by atoms with Crippen LogP contribution in [0.3, 0.4) is 0 Å². The first kappa shape index (κ1) is 15.2. The number of ether oxygens (including phenoxy) is 1. The van der Waals surface area contributed by atoms with Gasteiger partial charge in [0.15, 0.2) is 5.95 Å². The van der Waals surface area contributed by atoms with E-state index in [2.05, 4.69) is 15.3 Å². The summed E-state index contributed by atoms with van der Waals surface area (Å²) in [5, 5.41) is 3.18. The van der Waals surface area contributed by atoms with Crippen LogP contribution in [0.5, 0.6) is 0 Å². The molecule has 0 saturated carbocycles. The number of hydrogen-bond acceptors (Lipinski definition) is 4. The second-order valence-electron chi connectivity index (χ2n) is 5.50. The molecule has 7 heteroatoms. The molecule has 0 aliphatic rings. The maximum absolute atomic E-state index is 11.9. The predicted molar refractivity (Wildman–Crippen MR) is 83.3 cm³/mol. The molecule has 0 spiro atoms. The third kappa shape index (κ3) is 4.13. The van der Waals surface area contributed by atoms with Gasteiger partial charge in [-0.2, -0.15) is 0 Å². The van der Waals surface area contributed by atoms with Gasteiger partial charge < -0.3 is 15.5 Å². The number of nitrogen functional groups attached to an aromatic ring is 1. The Balaban J connectivity index is 2.30. The van der Waals surface area contributed by atoms with E-state index in [0.717, 1.165) is 5.56 Å². The van der Waals surface area contributed by atoms with Gasteiger partial charge >= 0.3 is 6.09 Å². The van der Waals surface area contributed by atoms with Crippen molar-refractivity contribution in [2.24, 2.45) is 0 Å². The smallest absolute Gasteiger partial charge is 0.412 e. The molecular formula is C14H17ClN4O2. The van der Waals surface area contributed by atoms with Crippen LogP contribution in [0.2, 0.25) is 5.02 Å². The van der Waals surface area contributed by atoms with E-state index in [1.54, 1.807) is 45.2 Å². The number of nitrogens with zero attached hydrogens (tertiary/aromatic N) is 1. The SMILES string of the molecule is CC(C)(C)OC(=O)Nc1cc(Cl)ccc1-c1cnc(N)[nH]1. The Kier molecular flexibility index (Phi) is 4.09. The van der Waals surface area contributed by atoms with Gasteiger partial charge in [0, 0.05) is 10.6 Å². The molecule has 0 saturated heterocycles.